The maximum absolute atomic E-state index is 11.5. The minimum absolute atomic E-state index is 0. The van der Waals surface area contributed by atoms with Crippen molar-refractivity contribution < 1.29 is 13.2 Å². The lowest BCUT2D eigenvalue weighted by molar-refractivity contribution is -0.122. The molecule has 7 heteroatoms. The lowest BCUT2D eigenvalue weighted by Crippen LogP contribution is -2.46. The average molecular weight is 287 g/mol. The van der Waals surface area contributed by atoms with E-state index in [2.05, 4.69) is 5.32 Å². The van der Waals surface area contributed by atoms with E-state index in [-0.39, 0.29) is 35.9 Å². The molecule has 0 aromatic heterocycles. The van der Waals surface area contributed by atoms with Gasteiger partial charge in [-0.2, -0.15) is 0 Å². The second-order valence-electron chi connectivity index (χ2n) is 4.00. The van der Waals surface area contributed by atoms with Crippen LogP contribution in [0.2, 0.25) is 0 Å². The smallest absolute Gasteiger partial charge is 0.237 e. The van der Waals surface area contributed by atoms with Crippen LogP contribution in [0.25, 0.3) is 0 Å². The van der Waals surface area contributed by atoms with Gasteiger partial charge in [0.2, 0.25) is 5.91 Å². The molecule has 0 radical (unpaired) electrons. The third-order valence-corrected chi connectivity index (χ3v) is 4.16. The molecule has 0 aliphatic rings. The maximum Gasteiger partial charge on any atom is 0.237 e. The zero-order valence-corrected chi connectivity index (χ0v) is 12.2. The third kappa shape index (κ3) is 8.40. The summed E-state index contributed by atoms with van der Waals surface area (Å²) in [5.41, 5.74) is 5.61. The van der Waals surface area contributed by atoms with Crippen LogP contribution < -0.4 is 11.1 Å². The van der Waals surface area contributed by atoms with E-state index >= 15 is 0 Å². The number of halogens is 1. The third-order valence-electron chi connectivity index (χ3n) is 2.27. The molecule has 1 amide bonds. The van der Waals surface area contributed by atoms with Gasteiger partial charge in [0.15, 0.2) is 9.84 Å². The molecule has 2 atom stereocenters. The van der Waals surface area contributed by atoms with Gasteiger partial charge in [-0.3, -0.25) is 4.79 Å². The molecular formula is C10H23ClN2O3S. The first kappa shape index (κ1) is 19.0. The largest absolute Gasteiger partial charge is 0.351 e. The molecule has 0 aliphatic heterocycles. The Kier molecular flexibility index (Phi) is 9.75. The van der Waals surface area contributed by atoms with Crippen molar-refractivity contribution >= 4 is 28.2 Å². The van der Waals surface area contributed by atoms with Crippen molar-refractivity contribution in [3.63, 3.8) is 0 Å². The molecule has 0 spiro atoms. The lowest BCUT2D eigenvalue weighted by atomic mass is 10.1. The van der Waals surface area contributed by atoms with Crippen LogP contribution in [0.1, 0.15) is 33.6 Å². The summed E-state index contributed by atoms with van der Waals surface area (Å²) in [6.07, 6.45) is 1.44. The molecule has 0 aliphatic carbocycles. The number of hydrogen-bond donors (Lipinski definition) is 2. The van der Waals surface area contributed by atoms with Crippen molar-refractivity contribution in [1.82, 2.24) is 5.32 Å². The average Bonchev–Trinajstić information content (AvgIpc) is 2.17. The SMILES string of the molecule is CCCC(N)C(=O)NC(C)CS(=O)(=O)CC.Cl. The van der Waals surface area contributed by atoms with Crippen molar-refractivity contribution in [1.29, 1.82) is 0 Å². The monoisotopic (exact) mass is 286 g/mol. The molecule has 0 saturated heterocycles. The van der Waals surface area contributed by atoms with Gasteiger partial charge in [0.05, 0.1) is 11.8 Å². The highest BCUT2D eigenvalue weighted by Gasteiger charge is 2.18. The number of rotatable bonds is 7. The van der Waals surface area contributed by atoms with E-state index in [1.807, 2.05) is 6.92 Å². The summed E-state index contributed by atoms with van der Waals surface area (Å²) in [6.45, 7) is 5.20. The van der Waals surface area contributed by atoms with Crippen LogP contribution in [0, 0.1) is 0 Å². The summed E-state index contributed by atoms with van der Waals surface area (Å²) in [6, 6.07) is -0.933. The summed E-state index contributed by atoms with van der Waals surface area (Å²) >= 11 is 0. The number of carbonyl (C=O) groups excluding carboxylic acids is 1. The summed E-state index contributed by atoms with van der Waals surface area (Å²) in [4.78, 5) is 11.5. The van der Waals surface area contributed by atoms with Crippen LogP contribution in [-0.2, 0) is 14.6 Å². The van der Waals surface area contributed by atoms with E-state index in [4.69, 9.17) is 5.73 Å². The van der Waals surface area contributed by atoms with Crippen LogP contribution in [0.3, 0.4) is 0 Å². The van der Waals surface area contributed by atoms with Gasteiger partial charge in [-0.1, -0.05) is 20.3 Å². The molecule has 17 heavy (non-hydrogen) atoms. The van der Waals surface area contributed by atoms with Gasteiger partial charge in [-0.25, -0.2) is 8.42 Å². The molecule has 0 heterocycles. The second kappa shape index (κ2) is 8.72. The molecule has 5 nitrogen and oxygen atoms in total. The van der Waals surface area contributed by atoms with Gasteiger partial charge in [0.25, 0.3) is 0 Å². The van der Waals surface area contributed by atoms with Gasteiger partial charge in [-0.05, 0) is 13.3 Å². The Labute approximate surface area is 110 Å². The topological polar surface area (TPSA) is 89.3 Å². The van der Waals surface area contributed by atoms with Crippen molar-refractivity contribution in [3.05, 3.63) is 0 Å². The highest BCUT2D eigenvalue weighted by Crippen LogP contribution is 1.97. The maximum atomic E-state index is 11.5. The Hall–Kier alpha value is -0.330. The van der Waals surface area contributed by atoms with E-state index in [1.54, 1.807) is 13.8 Å². The van der Waals surface area contributed by atoms with E-state index in [0.29, 0.717) is 6.42 Å². The van der Waals surface area contributed by atoms with Crippen molar-refractivity contribution in [2.75, 3.05) is 11.5 Å². The van der Waals surface area contributed by atoms with Crippen LogP contribution in [-0.4, -0.2) is 37.9 Å². The van der Waals surface area contributed by atoms with Crippen molar-refractivity contribution in [2.45, 2.75) is 45.7 Å². The first-order valence-electron chi connectivity index (χ1n) is 5.58. The van der Waals surface area contributed by atoms with Crippen molar-refractivity contribution in [3.8, 4) is 0 Å². The zero-order chi connectivity index (χ0) is 12.8. The molecule has 0 saturated carbocycles. The highest BCUT2D eigenvalue weighted by atomic mass is 35.5. The molecule has 0 aromatic rings. The van der Waals surface area contributed by atoms with Gasteiger partial charge in [0, 0.05) is 11.8 Å². The zero-order valence-electron chi connectivity index (χ0n) is 10.6. The molecule has 104 valence electrons. The van der Waals surface area contributed by atoms with Gasteiger partial charge in [0.1, 0.15) is 0 Å². The molecule has 0 aromatic carbocycles. The quantitative estimate of drug-likeness (QED) is 0.712. The van der Waals surface area contributed by atoms with Gasteiger partial charge < -0.3 is 11.1 Å². The Morgan fingerprint density at radius 1 is 1.35 bits per heavy atom. The fourth-order valence-electron chi connectivity index (χ4n) is 1.33. The number of carbonyl (C=O) groups is 1. The predicted molar refractivity (Wildman–Crippen MR) is 72.1 cm³/mol. The number of hydrogen-bond acceptors (Lipinski definition) is 4. The Morgan fingerprint density at radius 3 is 2.29 bits per heavy atom. The standard InChI is InChI=1S/C10H22N2O3S.ClH/c1-4-6-9(11)10(13)12-8(3)7-16(14,15)5-2;/h8-9H,4-7,11H2,1-3H3,(H,12,13);1H. The van der Waals surface area contributed by atoms with E-state index in [9.17, 15) is 13.2 Å². The Bertz CT molecular complexity index is 320. The minimum Gasteiger partial charge on any atom is -0.351 e. The molecule has 0 rings (SSSR count). The summed E-state index contributed by atoms with van der Waals surface area (Å²) in [5.74, 6) is -0.219. The highest BCUT2D eigenvalue weighted by molar-refractivity contribution is 7.91. The van der Waals surface area contributed by atoms with E-state index < -0.39 is 15.9 Å². The van der Waals surface area contributed by atoms with Crippen molar-refractivity contribution in [2.24, 2.45) is 5.73 Å². The number of nitrogens with one attached hydrogen (secondary N) is 1. The van der Waals surface area contributed by atoms with E-state index in [1.165, 1.54) is 0 Å². The molecule has 0 bridgehead atoms. The first-order valence-corrected chi connectivity index (χ1v) is 7.40. The normalized spacial score (nSPS) is 14.6. The molecule has 3 N–H and O–H groups in total. The molecule has 0 fully saturated rings. The van der Waals surface area contributed by atoms with E-state index in [0.717, 1.165) is 6.42 Å². The minimum atomic E-state index is -3.06. The predicted octanol–water partition coefficient (Wildman–Crippen LogP) is 0.475. The fourth-order valence-corrected chi connectivity index (χ4v) is 2.41. The van der Waals surface area contributed by atoms with Gasteiger partial charge in [-0.15, -0.1) is 12.4 Å². The first-order chi connectivity index (χ1) is 7.32. The summed E-state index contributed by atoms with van der Waals surface area (Å²) < 4.78 is 22.6. The number of sulfone groups is 1. The van der Waals surface area contributed by atoms with Gasteiger partial charge >= 0.3 is 0 Å². The summed E-state index contributed by atoms with van der Waals surface area (Å²) in [5, 5.41) is 2.61. The van der Waals surface area contributed by atoms with Crippen LogP contribution in [0.15, 0.2) is 0 Å². The van der Waals surface area contributed by atoms with Crippen LogP contribution in [0.5, 0.6) is 0 Å². The summed E-state index contributed by atoms with van der Waals surface area (Å²) in [7, 11) is -3.06. The lowest BCUT2D eigenvalue weighted by Gasteiger charge is -2.16. The Balaban J connectivity index is 0. The Morgan fingerprint density at radius 2 is 1.88 bits per heavy atom. The van der Waals surface area contributed by atoms with Crippen LogP contribution in [0.4, 0.5) is 0 Å². The molecule has 2 unspecified atom stereocenters. The molecular weight excluding hydrogens is 264 g/mol. The van der Waals surface area contributed by atoms with Crippen LogP contribution >= 0.6 is 12.4 Å². The number of amides is 1. The second-order valence-corrected chi connectivity index (χ2v) is 6.40. The number of nitrogens with two attached hydrogens (primary N) is 1. The fraction of sp³-hybridized carbons (Fsp3) is 0.900.